The Morgan fingerprint density at radius 3 is 2.33 bits per heavy atom. The predicted molar refractivity (Wildman–Crippen MR) is 76.3 cm³/mol. The number of carbonyl (C=O) groups is 2. The van der Waals surface area contributed by atoms with Gasteiger partial charge in [-0.25, -0.2) is 13.2 Å². The molecule has 21 heavy (non-hydrogen) atoms. The highest BCUT2D eigenvalue weighted by Crippen LogP contribution is 2.20. The van der Waals surface area contributed by atoms with Crippen LogP contribution in [0.4, 0.5) is 5.69 Å². The van der Waals surface area contributed by atoms with Crippen LogP contribution in [0.1, 0.15) is 17.3 Å². The van der Waals surface area contributed by atoms with E-state index in [0.717, 1.165) is 18.2 Å². The molecule has 1 unspecified atom stereocenters. The summed E-state index contributed by atoms with van der Waals surface area (Å²) in [6.45, 7) is 1.40. The number of benzene rings is 1. The van der Waals surface area contributed by atoms with E-state index in [1.54, 1.807) is 0 Å². The van der Waals surface area contributed by atoms with Crippen molar-refractivity contribution in [2.75, 3.05) is 19.8 Å². The van der Waals surface area contributed by atoms with Crippen molar-refractivity contribution in [2.24, 2.45) is 0 Å². The fourth-order valence-electron chi connectivity index (χ4n) is 1.66. The van der Waals surface area contributed by atoms with E-state index in [4.69, 9.17) is 10.8 Å². The molecule has 1 atom stereocenters. The Hall–Kier alpha value is -2.13. The number of anilines is 1. The van der Waals surface area contributed by atoms with Crippen molar-refractivity contribution in [1.82, 2.24) is 9.62 Å². The zero-order valence-electron chi connectivity index (χ0n) is 11.8. The van der Waals surface area contributed by atoms with Gasteiger partial charge in [0.15, 0.2) is 0 Å². The average molecular weight is 315 g/mol. The molecule has 4 N–H and O–H groups in total. The van der Waals surface area contributed by atoms with E-state index in [1.165, 1.54) is 25.9 Å². The predicted octanol–water partition coefficient (Wildman–Crippen LogP) is -0.278. The van der Waals surface area contributed by atoms with Gasteiger partial charge in [-0.05, 0) is 25.1 Å². The van der Waals surface area contributed by atoms with Gasteiger partial charge in [-0.2, -0.15) is 4.72 Å². The van der Waals surface area contributed by atoms with Crippen LogP contribution in [0.25, 0.3) is 0 Å². The molecular formula is C12H17N3O5S. The Morgan fingerprint density at radius 2 is 1.90 bits per heavy atom. The Morgan fingerprint density at radius 1 is 1.33 bits per heavy atom. The second-order valence-corrected chi connectivity index (χ2v) is 6.32. The van der Waals surface area contributed by atoms with Gasteiger partial charge in [-0.1, -0.05) is 0 Å². The van der Waals surface area contributed by atoms with Gasteiger partial charge >= 0.3 is 5.97 Å². The molecule has 0 aromatic heterocycles. The summed E-state index contributed by atoms with van der Waals surface area (Å²) < 4.78 is 26.5. The lowest BCUT2D eigenvalue weighted by molar-refractivity contribution is -0.130. The summed E-state index contributed by atoms with van der Waals surface area (Å²) in [5.74, 6) is -1.63. The molecule has 1 rings (SSSR count). The minimum absolute atomic E-state index is 0.121. The number of sulfonamides is 1. The van der Waals surface area contributed by atoms with E-state index >= 15 is 0 Å². The molecule has 0 aliphatic carbocycles. The molecule has 0 aliphatic heterocycles. The van der Waals surface area contributed by atoms with Crippen molar-refractivity contribution in [3.05, 3.63) is 23.8 Å². The van der Waals surface area contributed by atoms with Crippen molar-refractivity contribution in [1.29, 1.82) is 0 Å². The first-order valence-corrected chi connectivity index (χ1v) is 7.41. The molecule has 0 spiro atoms. The zero-order chi connectivity index (χ0) is 16.4. The van der Waals surface area contributed by atoms with Gasteiger partial charge in [0.25, 0.3) is 0 Å². The number of carbonyl (C=O) groups excluding carboxylic acids is 1. The van der Waals surface area contributed by atoms with Gasteiger partial charge in [-0.15, -0.1) is 0 Å². The fraction of sp³-hybridized carbons (Fsp3) is 0.333. The van der Waals surface area contributed by atoms with Crippen LogP contribution in [0.15, 0.2) is 23.1 Å². The molecule has 1 amide bonds. The highest BCUT2D eigenvalue weighted by molar-refractivity contribution is 7.89. The highest BCUT2D eigenvalue weighted by atomic mass is 32.2. The van der Waals surface area contributed by atoms with Crippen LogP contribution < -0.4 is 10.5 Å². The molecule has 116 valence electrons. The standard InChI is InChI=1S/C12H17N3O5S/c1-7(11(16)15(2)3)14-21(19,20)10-5-4-8(12(17)18)6-9(10)13/h4-7,14H,13H2,1-3H3,(H,17,18). The molecule has 9 heteroatoms. The lowest BCUT2D eigenvalue weighted by Gasteiger charge is -2.18. The first-order valence-electron chi connectivity index (χ1n) is 5.92. The summed E-state index contributed by atoms with van der Waals surface area (Å²) >= 11 is 0. The van der Waals surface area contributed by atoms with Crippen molar-refractivity contribution >= 4 is 27.6 Å². The van der Waals surface area contributed by atoms with E-state index in [0.29, 0.717) is 0 Å². The summed E-state index contributed by atoms with van der Waals surface area (Å²) in [6, 6.07) is 2.30. The van der Waals surface area contributed by atoms with Crippen LogP contribution in [-0.4, -0.2) is 50.4 Å². The Kier molecular flexibility index (Phi) is 4.92. The van der Waals surface area contributed by atoms with Gasteiger partial charge in [0.2, 0.25) is 15.9 Å². The minimum atomic E-state index is -4.03. The molecular weight excluding hydrogens is 298 g/mol. The van der Waals surface area contributed by atoms with Gasteiger partial charge in [0, 0.05) is 14.1 Å². The normalized spacial score (nSPS) is 12.7. The number of amides is 1. The maximum absolute atomic E-state index is 12.2. The molecule has 0 fully saturated rings. The minimum Gasteiger partial charge on any atom is -0.478 e. The van der Waals surface area contributed by atoms with E-state index < -0.39 is 27.9 Å². The number of hydrogen-bond acceptors (Lipinski definition) is 5. The average Bonchev–Trinajstić information content (AvgIpc) is 2.36. The Balaban J connectivity index is 3.09. The van der Waals surface area contributed by atoms with Crippen LogP contribution >= 0.6 is 0 Å². The SMILES string of the molecule is CC(NS(=O)(=O)c1ccc(C(=O)O)cc1N)C(=O)N(C)C. The van der Waals surface area contributed by atoms with E-state index in [9.17, 15) is 18.0 Å². The van der Waals surface area contributed by atoms with E-state index in [-0.39, 0.29) is 16.1 Å². The number of nitrogens with two attached hydrogens (primary N) is 1. The zero-order valence-corrected chi connectivity index (χ0v) is 12.6. The monoisotopic (exact) mass is 315 g/mol. The molecule has 0 saturated carbocycles. The number of likely N-dealkylation sites (N-methyl/N-ethyl adjacent to an activating group) is 1. The lowest BCUT2D eigenvalue weighted by Crippen LogP contribution is -2.44. The smallest absolute Gasteiger partial charge is 0.335 e. The topological polar surface area (TPSA) is 130 Å². The number of hydrogen-bond donors (Lipinski definition) is 3. The third kappa shape index (κ3) is 3.92. The third-order valence-electron chi connectivity index (χ3n) is 2.69. The maximum Gasteiger partial charge on any atom is 0.335 e. The summed E-state index contributed by atoms with van der Waals surface area (Å²) in [5, 5.41) is 8.81. The molecule has 1 aromatic rings. The van der Waals surface area contributed by atoms with Crippen molar-refractivity contribution in [3.8, 4) is 0 Å². The molecule has 0 heterocycles. The molecule has 0 radical (unpaired) electrons. The van der Waals surface area contributed by atoms with Crippen molar-refractivity contribution < 1.29 is 23.1 Å². The van der Waals surface area contributed by atoms with Gasteiger partial charge in [-0.3, -0.25) is 4.79 Å². The number of rotatable bonds is 5. The largest absolute Gasteiger partial charge is 0.478 e. The van der Waals surface area contributed by atoms with E-state index in [2.05, 4.69) is 4.72 Å². The van der Waals surface area contributed by atoms with Gasteiger partial charge in [0.1, 0.15) is 4.90 Å². The second kappa shape index (κ2) is 6.10. The quantitative estimate of drug-likeness (QED) is 0.641. The highest BCUT2D eigenvalue weighted by Gasteiger charge is 2.25. The number of nitrogens with one attached hydrogen (secondary N) is 1. The summed E-state index contributed by atoms with van der Waals surface area (Å²) in [6.07, 6.45) is 0. The lowest BCUT2D eigenvalue weighted by atomic mass is 10.2. The van der Waals surface area contributed by atoms with Crippen LogP contribution in [-0.2, 0) is 14.8 Å². The molecule has 1 aromatic carbocycles. The number of nitrogens with zero attached hydrogens (tertiary/aromatic N) is 1. The van der Waals surface area contributed by atoms with Crippen molar-refractivity contribution in [2.45, 2.75) is 17.9 Å². The van der Waals surface area contributed by atoms with Crippen molar-refractivity contribution in [3.63, 3.8) is 0 Å². The number of carboxylic acids is 1. The Bertz CT molecular complexity index is 669. The maximum atomic E-state index is 12.2. The van der Waals surface area contributed by atoms with Gasteiger partial charge in [0.05, 0.1) is 17.3 Å². The van der Waals surface area contributed by atoms with Crippen LogP contribution in [0.2, 0.25) is 0 Å². The summed E-state index contributed by atoms with van der Waals surface area (Å²) in [5.41, 5.74) is 5.26. The Labute approximate surface area is 122 Å². The number of carboxylic acid groups (broad SMARTS) is 1. The van der Waals surface area contributed by atoms with E-state index in [1.807, 2.05) is 0 Å². The van der Waals surface area contributed by atoms with Crippen LogP contribution in [0, 0.1) is 0 Å². The molecule has 0 saturated heterocycles. The summed E-state index contributed by atoms with van der Waals surface area (Å²) in [4.78, 5) is 23.4. The first kappa shape index (κ1) is 16.9. The third-order valence-corrected chi connectivity index (χ3v) is 4.30. The van der Waals surface area contributed by atoms with Gasteiger partial charge < -0.3 is 15.7 Å². The summed E-state index contributed by atoms with van der Waals surface area (Å²) in [7, 11) is -1.02. The number of aromatic carboxylic acids is 1. The molecule has 0 aliphatic rings. The second-order valence-electron chi connectivity index (χ2n) is 4.63. The van der Waals surface area contributed by atoms with Crippen LogP contribution in [0.5, 0.6) is 0 Å². The first-order chi connectivity index (χ1) is 9.56. The molecule has 0 bridgehead atoms. The van der Waals surface area contributed by atoms with Crippen LogP contribution in [0.3, 0.4) is 0 Å². The molecule has 8 nitrogen and oxygen atoms in total. The fourth-order valence-corrected chi connectivity index (χ4v) is 2.97. The number of nitrogen functional groups attached to an aromatic ring is 1.